The molecule has 0 aromatic carbocycles. The first-order valence-corrected chi connectivity index (χ1v) is 8.71. The number of nitrogens with zero attached hydrogens (tertiary/aromatic N) is 1. The lowest BCUT2D eigenvalue weighted by Crippen LogP contribution is -2.52. The highest BCUT2D eigenvalue weighted by Gasteiger charge is 2.30. The van der Waals surface area contributed by atoms with Crippen LogP contribution in [-0.4, -0.2) is 36.1 Å². The normalized spacial score (nSPS) is 32.4. The van der Waals surface area contributed by atoms with Crippen molar-refractivity contribution in [1.29, 1.82) is 0 Å². The van der Waals surface area contributed by atoms with Crippen LogP contribution in [0.15, 0.2) is 0 Å². The van der Waals surface area contributed by atoms with Crippen LogP contribution in [0.2, 0.25) is 0 Å². The van der Waals surface area contributed by atoms with Crippen molar-refractivity contribution >= 4 is 0 Å². The summed E-state index contributed by atoms with van der Waals surface area (Å²) in [5.41, 5.74) is 0. The van der Waals surface area contributed by atoms with Crippen molar-refractivity contribution in [3.8, 4) is 0 Å². The first kappa shape index (κ1) is 15.3. The van der Waals surface area contributed by atoms with Gasteiger partial charge in [-0.1, -0.05) is 32.6 Å². The van der Waals surface area contributed by atoms with Gasteiger partial charge in [-0.25, -0.2) is 0 Å². The summed E-state index contributed by atoms with van der Waals surface area (Å²) < 4.78 is 0. The van der Waals surface area contributed by atoms with Crippen molar-refractivity contribution in [2.75, 3.05) is 13.1 Å². The Morgan fingerprint density at radius 3 is 2.16 bits per heavy atom. The monoisotopic (exact) mass is 266 g/mol. The Kier molecular flexibility index (Phi) is 6.15. The summed E-state index contributed by atoms with van der Waals surface area (Å²) in [4.78, 5) is 2.78. The van der Waals surface area contributed by atoms with Gasteiger partial charge in [0.25, 0.3) is 0 Å². The molecule has 3 atom stereocenters. The molecule has 0 amide bonds. The van der Waals surface area contributed by atoms with Crippen LogP contribution in [0.25, 0.3) is 0 Å². The van der Waals surface area contributed by atoms with Crippen molar-refractivity contribution in [2.24, 2.45) is 5.92 Å². The quantitative estimate of drug-likeness (QED) is 0.814. The number of nitrogens with one attached hydrogen (secondary N) is 1. The van der Waals surface area contributed by atoms with Crippen molar-refractivity contribution in [1.82, 2.24) is 10.2 Å². The van der Waals surface area contributed by atoms with Gasteiger partial charge in [-0.2, -0.15) is 0 Å². The largest absolute Gasteiger partial charge is 0.313 e. The Hall–Kier alpha value is -0.0800. The van der Waals surface area contributed by atoms with E-state index in [1.165, 1.54) is 57.9 Å². The lowest BCUT2D eigenvalue weighted by molar-refractivity contribution is 0.0757. The van der Waals surface area contributed by atoms with E-state index in [1.807, 2.05) is 0 Å². The first-order valence-electron chi connectivity index (χ1n) is 8.71. The third-order valence-electron chi connectivity index (χ3n) is 5.47. The number of likely N-dealkylation sites (N-methyl/N-ethyl adjacent to an activating group) is 1. The van der Waals surface area contributed by atoms with Gasteiger partial charge in [0.2, 0.25) is 0 Å². The summed E-state index contributed by atoms with van der Waals surface area (Å²) in [6.45, 7) is 9.52. The molecule has 0 aromatic heterocycles. The fraction of sp³-hybridized carbons (Fsp3) is 1.00. The van der Waals surface area contributed by atoms with E-state index < -0.39 is 0 Å². The third-order valence-corrected chi connectivity index (χ3v) is 5.47. The van der Waals surface area contributed by atoms with E-state index >= 15 is 0 Å². The highest BCUT2D eigenvalue weighted by molar-refractivity contribution is 4.87. The zero-order chi connectivity index (χ0) is 13.7. The second-order valence-electron chi connectivity index (χ2n) is 6.89. The van der Waals surface area contributed by atoms with Crippen LogP contribution in [-0.2, 0) is 0 Å². The smallest absolute Gasteiger partial charge is 0.0223 e. The van der Waals surface area contributed by atoms with Gasteiger partial charge < -0.3 is 5.32 Å². The maximum absolute atomic E-state index is 3.80. The van der Waals surface area contributed by atoms with Crippen LogP contribution in [0.5, 0.6) is 0 Å². The molecular weight excluding hydrogens is 232 g/mol. The van der Waals surface area contributed by atoms with Gasteiger partial charge in [-0.05, 0) is 52.0 Å². The van der Waals surface area contributed by atoms with Crippen LogP contribution in [0.4, 0.5) is 0 Å². The number of piperidine rings is 1. The number of hydrogen-bond donors (Lipinski definition) is 1. The molecule has 0 spiro atoms. The fourth-order valence-corrected chi connectivity index (χ4v) is 4.24. The number of hydrogen-bond acceptors (Lipinski definition) is 2. The van der Waals surface area contributed by atoms with E-state index in [0.29, 0.717) is 0 Å². The molecule has 112 valence electrons. The Labute approximate surface area is 120 Å². The summed E-state index contributed by atoms with van der Waals surface area (Å²) in [6.07, 6.45) is 11.5. The highest BCUT2D eigenvalue weighted by Crippen LogP contribution is 2.29. The van der Waals surface area contributed by atoms with Gasteiger partial charge in [0, 0.05) is 24.7 Å². The van der Waals surface area contributed by atoms with Crippen molar-refractivity contribution < 1.29 is 0 Å². The summed E-state index contributed by atoms with van der Waals surface area (Å²) >= 11 is 0. The van der Waals surface area contributed by atoms with Crippen molar-refractivity contribution in [3.05, 3.63) is 0 Å². The molecular formula is C17H34N2. The molecule has 2 fully saturated rings. The van der Waals surface area contributed by atoms with E-state index in [0.717, 1.165) is 30.6 Å². The molecule has 2 nitrogen and oxygen atoms in total. The average Bonchev–Trinajstić information content (AvgIpc) is 2.43. The number of likely N-dealkylation sites (tertiary alicyclic amines) is 1. The fourth-order valence-electron chi connectivity index (χ4n) is 4.24. The number of rotatable bonds is 5. The lowest BCUT2D eigenvalue weighted by Gasteiger charge is -2.43. The van der Waals surface area contributed by atoms with Gasteiger partial charge in [-0.15, -0.1) is 0 Å². The van der Waals surface area contributed by atoms with Crippen molar-refractivity contribution in [2.45, 2.75) is 90.3 Å². The minimum Gasteiger partial charge on any atom is -0.313 e. The lowest BCUT2D eigenvalue weighted by atomic mass is 9.83. The SMILES string of the molecule is CCNC(CN1[C@H](C)CCC[C@@H]1C)C1CCCCC1. The zero-order valence-electron chi connectivity index (χ0n) is 13.3. The molecule has 1 N–H and O–H groups in total. The highest BCUT2D eigenvalue weighted by atomic mass is 15.2. The minimum atomic E-state index is 0.730. The predicted molar refractivity (Wildman–Crippen MR) is 83.5 cm³/mol. The average molecular weight is 266 g/mol. The van der Waals surface area contributed by atoms with Gasteiger partial charge in [-0.3, -0.25) is 4.90 Å². The predicted octanol–water partition coefficient (Wildman–Crippen LogP) is 3.81. The Balaban J connectivity index is 1.94. The minimum absolute atomic E-state index is 0.730. The zero-order valence-corrected chi connectivity index (χ0v) is 13.3. The van der Waals surface area contributed by atoms with Crippen LogP contribution >= 0.6 is 0 Å². The molecule has 1 aliphatic heterocycles. The molecule has 0 bridgehead atoms. The molecule has 2 heteroatoms. The first-order chi connectivity index (χ1) is 9.22. The molecule has 2 rings (SSSR count). The molecule has 0 aromatic rings. The molecule has 19 heavy (non-hydrogen) atoms. The summed E-state index contributed by atoms with van der Waals surface area (Å²) in [5.74, 6) is 0.926. The summed E-state index contributed by atoms with van der Waals surface area (Å²) in [7, 11) is 0. The van der Waals surface area contributed by atoms with Crippen LogP contribution in [0.3, 0.4) is 0 Å². The molecule has 1 unspecified atom stereocenters. The standard InChI is InChI=1S/C17H34N2/c1-4-18-17(16-11-6-5-7-12-16)13-19-14(2)9-8-10-15(19)3/h14-18H,4-13H2,1-3H3/t14-,15+,17?. The Bertz CT molecular complexity index is 238. The maximum atomic E-state index is 3.80. The van der Waals surface area contributed by atoms with Crippen LogP contribution in [0, 0.1) is 5.92 Å². The maximum Gasteiger partial charge on any atom is 0.0223 e. The van der Waals surface area contributed by atoms with Gasteiger partial charge in [0.05, 0.1) is 0 Å². The summed E-state index contributed by atoms with van der Waals surface area (Å²) in [6, 6.07) is 2.30. The third kappa shape index (κ3) is 4.19. The van der Waals surface area contributed by atoms with E-state index in [1.54, 1.807) is 0 Å². The topological polar surface area (TPSA) is 15.3 Å². The van der Waals surface area contributed by atoms with Crippen LogP contribution < -0.4 is 5.32 Å². The molecule has 0 radical (unpaired) electrons. The van der Waals surface area contributed by atoms with E-state index in [4.69, 9.17) is 0 Å². The Morgan fingerprint density at radius 2 is 1.58 bits per heavy atom. The Morgan fingerprint density at radius 1 is 0.947 bits per heavy atom. The molecule has 2 aliphatic rings. The summed E-state index contributed by atoms with van der Waals surface area (Å²) in [5, 5.41) is 3.80. The van der Waals surface area contributed by atoms with Crippen LogP contribution in [0.1, 0.15) is 72.1 Å². The van der Waals surface area contributed by atoms with E-state index in [9.17, 15) is 0 Å². The van der Waals surface area contributed by atoms with E-state index in [-0.39, 0.29) is 0 Å². The van der Waals surface area contributed by atoms with Gasteiger partial charge in [0.1, 0.15) is 0 Å². The molecule has 1 aliphatic carbocycles. The second-order valence-corrected chi connectivity index (χ2v) is 6.89. The van der Waals surface area contributed by atoms with Gasteiger partial charge >= 0.3 is 0 Å². The van der Waals surface area contributed by atoms with E-state index in [2.05, 4.69) is 31.0 Å². The molecule has 1 saturated heterocycles. The molecule has 1 heterocycles. The second kappa shape index (κ2) is 7.64. The van der Waals surface area contributed by atoms with Gasteiger partial charge in [0.15, 0.2) is 0 Å². The van der Waals surface area contributed by atoms with Crippen molar-refractivity contribution in [3.63, 3.8) is 0 Å². The molecule has 1 saturated carbocycles.